The molecule has 1 aliphatic heterocycles. The van der Waals surface area contributed by atoms with E-state index >= 15 is 0 Å². The van der Waals surface area contributed by atoms with Crippen molar-refractivity contribution in [3.8, 4) is 0 Å². The van der Waals surface area contributed by atoms with Crippen LogP contribution in [0.2, 0.25) is 0 Å². The Labute approximate surface area is 120 Å². The van der Waals surface area contributed by atoms with Gasteiger partial charge >= 0.3 is 0 Å². The molecule has 1 fully saturated rings. The minimum Gasteiger partial charge on any atom is -0.377 e. The second kappa shape index (κ2) is 6.16. The van der Waals surface area contributed by atoms with Gasteiger partial charge in [-0.05, 0) is 18.2 Å². The summed E-state index contributed by atoms with van der Waals surface area (Å²) in [6, 6.07) is 5.05. The molecular formula is C13H15BrN2O3. The van der Waals surface area contributed by atoms with Crippen LogP contribution in [0.25, 0.3) is 0 Å². The van der Waals surface area contributed by atoms with E-state index in [1.165, 1.54) is 0 Å². The van der Waals surface area contributed by atoms with Crippen LogP contribution in [0.1, 0.15) is 10.4 Å². The number of nitrogens with one attached hydrogen (secondary N) is 1. The Morgan fingerprint density at radius 1 is 1.58 bits per heavy atom. The van der Waals surface area contributed by atoms with Crippen LogP contribution in [0.15, 0.2) is 22.7 Å². The lowest BCUT2D eigenvalue weighted by Crippen LogP contribution is -2.53. The van der Waals surface area contributed by atoms with Gasteiger partial charge in [0.05, 0.1) is 13.2 Å². The number of nitrogens with zero attached hydrogens (tertiary/aromatic N) is 1. The minimum atomic E-state index is -0.404. The first-order valence-electron chi connectivity index (χ1n) is 5.98. The molecule has 1 aromatic carbocycles. The number of anilines is 1. The Kier molecular flexibility index (Phi) is 4.55. The highest BCUT2D eigenvalue weighted by Crippen LogP contribution is 2.26. The van der Waals surface area contributed by atoms with Gasteiger partial charge in [0.25, 0.3) is 0 Å². The highest BCUT2D eigenvalue weighted by atomic mass is 79.9. The summed E-state index contributed by atoms with van der Waals surface area (Å²) in [6.07, 6.45) is 0.802. The van der Waals surface area contributed by atoms with Gasteiger partial charge in [0.2, 0.25) is 5.91 Å². The second-order valence-electron chi connectivity index (χ2n) is 4.22. The van der Waals surface area contributed by atoms with E-state index in [-0.39, 0.29) is 5.91 Å². The molecule has 1 heterocycles. The maximum atomic E-state index is 11.9. The summed E-state index contributed by atoms with van der Waals surface area (Å²) >= 11 is 3.34. The number of morpholine rings is 1. The van der Waals surface area contributed by atoms with E-state index in [4.69, 9.17) is 4.74 Å². The number of carbonyl (C=O) groups excluding carboxylic acids is 2. The SMILES string of the molecule is CNC(=O)C1COCCN1c1ccc(Br)cc1C=O. The van der Waals surface area contributed by atoms with Crippen LogP contribution < -0.4 is 10.2 Å². The number of amides is 1. The number of rotatable bonds is 3. The minimum absolute atomic E-state index is 0.112. The van der Waals surface area contributed by atoms with E-state index in [2.05, 4.69) is 21.2 Å². The lowest BCUT2D eigenvalue weighted by molar-refractivity contribution is -0.124. The third-order valence-corrected chi connectivity index (χ3v) is 3.60. The van der Waals surface area contributed by atoms with Crippen molar-refractivity contribution in [2.75, 3.05) is 31.7 Å². The summed E-state index contributed by atoms with van der Waals surface area (Å²) in [4.78, 5) is 25.0. The number of hydrogen-bond acceptors (Lipinski definition) is 4. The Hall–Kier alpha value is -1.40. The van der Waals surface area contributed by atoms with Crippen LogP contribution in [0.4, 0.5) is 5.69 Å². The number of benzene rings is 1. The highest BCUT2D eigenvalue weighted by molar-refractivity contribution is 9.10. The van der Waals surface area contributed by atoms with Crippen molar-refractivity contribution in [3.05, 3.63) is 28.2 Å². The zero-order valence-corrected chi connectivity index (χ0v) is 12.1. The third-order valence-electron chi connectivity index (χ3n) is 3.10. The molecule has 1 aliphatic rings. The van der Waals surface area contributed by atoms with Crippen LogP contribution in [-0.4, -0.2) is 45.0 Å². The maximum absolute atomic E-state index is 11.9. The molecule has 5 nitrogen and oxygen atoms in total. The Morgan fingerprint density at radius 2 is 2.37 bits per heavy atom. The standard InChI is InChI=1S/C13H15BrN2O3/c1-15-13(18)12-8-19-5-4-16(12)11-3-2-10(14)6-9(11)7-17/h2-3,6-7,12H,4-5,8H2,1H3,(H,15,18). The maximum Gasteiger partial charge on any atom is 0.244 e. The van der Waals surface area contributed by atoms with E-state index < -0.39 is 6.04 Å². The molecule has 1 unspecified atom stereocenters. The lowest BCUT2D eigenvalue weighted by atomic mass is 10.1. The molecule has 1 amide bonds. The summed E-state index contributed by atoms with van der Waals surface area (Å²) in [7, 11) is 1.59. The summed E-state index contributed by atoms with van der Waals surface area (Å²) in [5.74, 6) is -0.112. The van der Waals surface area contributed by atoms with Crippen LogP contribution in [0.3, 0.4) is 0 Å². The van der Waals surface area contributed by atoms with Gasteiger partial charge in [-0.25, -0.2) is 0 Å². The molecular weight excluding hydrogens is 312 g/mol. The number of aldehydes is 1. The fourth-order valence-corrected chi connectivity index (χ4v) is 2.54. The van der Waals surface area contributed by atoms with Crippen molar-refractivity contribution in [3.63, 3.8) is 0 Å². The Balaban J connectivity index is 2.37. The highest BCUT2D eigenvalue weighted by Gasteiger charge is 2.30. The molecule has 1 saturated heterocycles. The largest absolute Gasteiger partial charge is 0.377 e. The van der Waals surface area contributed by atoms with Gasteiger partial charge in [-0.1, -0.05) is 15.9 Å². The van der Waals surface area contributed by atoms with Crippen molar-refractivity contribution in [2.45, 2.75) is 6.04 Å². The smallest absolute Gasteiger partial charge is 0.244 e. The summed E-state index contributed by atoms with van der Waals surface area (Å²) in [6.45, 7) is 1.45. The zero-order valence-electron chi connectivity index (χ0n) is 10.6. The molecule has 1 atom stereocenters. The normalized spacial score (nSPS) is 19.1. The quantitative estimate of drug-likeness (QED) is 0.848. The van der Waals surface area contributed by atoms with Crippen molar-refractivity contribution in [1.82, 2.24) is 5.32 Å². The van der Waals surface area contributed by atoms with Crippen LogP contribution in [-0.2, 0) is 9.53 Å². The molecule has 1 aromatic rings. The Morgan fingerprint density at radius 3 is 3.05 bits per heavy atom. The van der Waals surface area contributed by atoms with E-state index in [1.807, 2.05) is 17.0 Å². The predicted molar refractivity (Wildman–Crippen MR) is 75.5 cm³/mol. The van der Waals surface area contributed by atoms with Gasteiger partial charge in [0.15, 0.2) is 6.29 Å². The molecule has 2 rings (SSSR count). The third kappa shape index (κ3) is 2.96. The molecule has 0 bridgehead atoms. The molecule has 0 aliphatic carbocycles. The second-order valence-corrected chi connectivity index (χ2v) is 5.14. The molecule has 6 heteroatoms. The van der Waals surface area contributed by atoms with E-state index in [0.717, 1.165) is 16.4 Å². The van der Waals surface area contributed by atoms with Crippen molar-refractivity contribution in [1.29, 1.82) is 0 Å². The molecule has 0 saturated carbocycles. The fourth-order valence-electron chi connectivity index (χ4n) is 2.16. The van der Waals surface area contributed by atoms with Gasteiger partial charge in [-0.15, -0.1) is 0 Å². The number of carbonyl (C=O) groups is 2. The van der Waals surface area contributed by atoms with Gasteiger partial charge in [0.1, 0.15) is 6.04 Å². The van der Waals surface area contributed by atoms with Crippen LogP contribution in [0, 0.1) is 0 Å². The molecule has 19 heavy (non-hydrogen) atoms. The molecule has 0 radical (unpaired) electrons. The summed E-state index contributed by atoms with van der Waals surface area (Å²) in [5, 5.41) is 2.63. The molecule has 0 spiro atoms. The average molecular weight is 327 g/mol. The van der Waals surface area contributed by atoms with E-state index in [9.17, 15) is 9.59 Å². The van der Waals surface area contributed by atoms with Crippen LogP contribution >= 0.6 is 15.9 Å². The molecule has 0 aromatic heterocycles. The molecule has 102 valence electrons. The fraction of sp³-hybridized carbons (Fsp3) is 0.385. The monoisotopic (exact) mass is 326 g/mol. The van der Waals surface area contributed by atoms with Gasteiger partial charge in [-0.3, -0.25) is 9.59 Å². The molecule has 1 N–H and O–H groups in total. The van der Waals surface area contributed by atoms with E-state index in [0.29, 0.717) is 25.3 Å². The topological polar surface area (TPSA) is 58.6 Å². The van der Waals surface area contributed by atoms with Crippen LogP contribution in [0.5, 0.6) is 0 Å². The predicted octanol–water partition coefficient (Wildman–Crippen LogP) is 1.21. The number of ether oxygens (including phenoxy) is 1. The first-order chi connectivity index (χ1) is 9.17. The lowest BCUT2D eigenvalue weighted by Gasteiger charge is -2.36. The summed E-state index contributed by atoms with van der Waals surface area (Å²) in [5.41, 5.74) is 1.32. The zero-order chi connectivity index (χ0) is 13.8. The van der Waals surface area contributed by atoms with Crippen molar-refractivity contribution in [2.24, 2.45) is 0 Å². The van der Waals surface area contributed by atoms with Crippen molar-refractivity contribution < 1.29 is 14.3 Å². The van der Waals surface area contributed by atoms with Gasteiger partial charge in [-0.2, -0.15) is 0 Å². The van der Waals surface area contributed by atoms with Crippen molar-refractivity contribution >= 4 is 33.8 Å². The average Bonchev–Trinajstić information content (AvgIpc) is 2.46. The van der Waals surface area contributed by atoms with E-state index in [1.54, 1.807) is 13.1 Å². The van der Waals surface area contributed by atoms with Gasteiger partial charge < -0.3 is 15.0 Å². The number of likely N-dealkylation sites (N-methyl/N-ethyl adjacent to an activating group) is 1. The Bertz CT molecular complexity index is 493. The number of hydrogen-bond donors (Lipinski definition) is 1. The van der Waals surface area contributed by atoms with Gasteiger partial charge in [0, 0.05) is 29.3 Å². The first kappa shape index (κ1) is 14.0. The number of halogens is 1. The summed E-state index contributed by atoms with van der Waals surface area (Å²) < 4.78 is 6.19. The first-order valence-corrected chi connectivity index (χ1v) is 6.77.